The Morgan fingerprint density at radius 3 is 2.75 bits per heavy atom. The molecule has 2 aliphatic rings. The predicted molar refractivity (Wildman–Crippen MR) is 74.8 cm³/mol. The standard InChI is InChI=1S/C15H19FN2O2/c16-14-9-12(11-19)1-2-15(14)18-4-3-13(10-18)17-5-7-20-8-6-17/h1-2,9,11,13H,3-8,10H2. The van der Waals surface area contributed by atoms with Gasteiger partial charge >= 0.3 is 0 Å². The first-order valence-electron chi connectivity index (χ1n) is 7.09. The second-order valence-corrected chi connectivity index (χ2v) is 5.37. The third-order valence-corrected chi connectivity index (χ3v) is 4.17. The van der Waals surface area contributed by atoms with Gasteiger partial charge < -0.3 is 9.64 Å². The summed E-state index contributed by atoms with van der Waals surface area (Å²) in [4.78, 5) is 15.2. The van der Waals surface area contributed by atoms with Crippen LogP contribution in [0.3, 0.4) is 0 Å². The topological polar surface area (TPSA) is 32.8 Å². The Kier molecular flexibility index (Phi) is 3.98. The van der Waals surface area contributed by atoms with Crippen LogP contribution in [0.4, 0.5) is 10.1 Å². The van der Waals surface area contributed by atoms with Crippen LogP contribution in [-0.2, 0) is 4.74 Å². The van der Waals surface area contributed by atoms with Crippen LogP contribution in [0.2, 0.25) is 0 Å². The SMILES string of the molecule is O=Cc1ccc(N2CCC(N3CCOCC3)C2)c(F)c1. The summed E-state index contributed by atoms with van der Waals surface area (Å²) >= 11 is 0. The van der Waals surface area contributed by atoms with Gasteiger partial charge in [-0.25, -0.2) is 4.39 Å². The van der Waals surface area contributed by atoms with Crippen LogP contribution in [0.5, 0.6) is 0 Å². The Hall–Kier alpha value is -1.46. The molecule has 0 radical (unpaired) electrons. The molecule has 2 fully saturated rings. The van der Waals surface area contributed by atoms with E-state index >= 15 is 0 Å². The molecule has 1 unspecified atom stereocenters. The van der Waals surface area contributed by atoms with Gasteiger partial charge in [-0.15, -0.1) is 0 Å². The van der Waals surface area contributed by atoms with E-state index in [-0.39, 0.29) is 5.82 Å². The molecule has 2 heterocycles. The molecule has 4 nitrogen and oxygen atoms in total. The van der Waals surface area contributed by atoms with Gasteiger partial charge in [-0.3, -0.25) is 9.69 Å². The van der Waals surface area contributed by atoms with Crippen molar-refractivity contribution in [1.82, 2.24) is 4.90 Å². The minimum atomic E-state index is -0.308. The molecule has 0 N–H and O–H groups in total. The lowest BCUT2D eigenvalue weighted by Gasteiger charge is -2.32. The summed E-state index contributed by atoms with van der Waals surface area (Å²) in [5.74, 6) is -0.308. The van der Waals surface area contributed by atoms with E-state index in [4.69, 9.17) is 4.74 Å². The summed E-state index contributed by atoms with van der Waals surface area (Å²) in [6.07, 6.45) is 1.72. The van der Waals surface area contributed by atoms with E-state index in [0.717, 1.165) is 45.8 Å². The molecule has 0 saturated carbocycles. The molecule has 108 valence electrons. The van der Waals surface area contributed by atoms with Crippen molar-refractivity contribution in [2.24, 2.45) is 0 Å². The quantitative estimate of drug-likeness (QED) is 0.785. The van der Waals surface area contributed by atoms with E-state index in [9.17, 15) is 9.18 Å². The number of morpholine rings is 1. The molecule has 1 aromatic rings. The van der Waals surface area contributed by atoms with E-state index in [1.165, 1.54) is 6.07 Å². The van der Waals surface area contributed by atoms with Crippen LogP contribution in [0, 0.1) is 5.82 Å². The van der Waals surface area contributed by atoms with E-state index in [2.05, 4.69) is 9.80 Å². The second-order valence-electron chi connectivity index (χ2n) is 5.37. The smallest absolute Gasteiger partial charge is 0.150 e. The fraction of sp³-hybridized carbons (Fsp3) is 0.533. The first-order chi connectivity index (χ1) is 9.78. The highest BCUT2D eigenvalue weighted by Gasteiger charge is 2.29. The van der Waals surface area contributed by atoms with Crippen LogP contribution in [0.1, 0.15) is 16.8 Å². The molecule has 1 atom stereocenters. The minimum absolute atomic E-state index is 0.308. The van der Waals surface area contributed by atoms with Crippen molar-refractivity contribution in [2.75, 3.05) is 44.3 Å². The maximum Gasteiger partial charge on any atom is 0.150 e. The number of benzene rings is 1. The molecule has 20 heavy (non-hydrogen) atoms. The molecular weight excluding hydrogens is 259 g/mol. The zero-order valence-corrected chi connectivity index (χ0v) is 11.4. The number of halogens is 1. The van der Waals surface area contributed by atoms with Crippen LogP contribution in [0.25, 0.3) is 0 Å². The summed E-state index contributed by atoms with van der Waals surface area (Å²) < 4.78 is 19.4. The molecule has 0 aromatic heterocycles. The summed E-state index contributed by atoms with van der Waals surface area (Å²) in [6, 6.07) is 5.17. The molecular formula is C15H19FN2O2. The Balaban J connectivity index is 1.68. The maximum absolute atomic E-state index is 14.0. The fourth-order valence-electron chi connectivity index (χ4n) is 3.05. The highest BCUT2D eigenvalue weighted by molar-refractivity contribution is 5.76. The lowest BCUT2D eigenvalue weighted by Crippen LogP contribution is -2.44. The van der Waals surface area contributed by atoms with Crippen LogP contribution in [0.15, 0.2) is 18.2 Å². The van der Waals surface area contributed by atoms with Crippen molar-refractivity contribution in [2.45, 2.75) is 12.5 Å². The monoisotopic (exact) mass is 278 g/mol. The van der Waals surface area contributed by atoms with Crippen LogP contribution >= 0.6 is 0 Å². The molecule has 0 amide bonds. The van der Waals surface area contributed by atoms with Gasteiger partial charge in [0.25, 0.3) is 0 Å². The van der Waals surface area contributed by atoms with Gasteiger partial charge in [0.05, 0.1) is 18.9 Å². The molecule has 1 aromatic carbocycles. The van der Waals surface area contributed by atoms with E-state index < -0.39 is 0 Å². The number of ether oxygens (including phenoxy) is 1. The molecule has 0 spiro atoms. The first-order valence-corrected chi connectivity index (χ1v) is 7.09. The van der Waals surface area contributed by atoms with E-state index in [0.29, 0.717) is 23.6 Å². The maximum atomic E-state index is 14.0. The van der Waals surface area contributed by atoms with E-state index in [1.54, 1.807) is 12.1 Å². The average Bonchev–Trinajstić information content (AvgIpc) is 2.97. The lowest BCUT2D eigenvalue weighted by molar-refractivity contribution is 0.0209. The largest absolute Gasteiger partial charge is 0.379 e. The van der Waals surface area contributed by atoms with Crippen molar-refractivity contribution in [3.8, 4) is 0 Å². The third-order valence-electron chi connectivity index (χ3n) is 4.17. The van der Waals surface area contributed by atoms with Gasteiger partial charge in [0, 0.05) is 37.8 Å². The number of hydrogen-bond donors (Lipinski definition) is 0. The average molecular weight is 278 g/mol. The summed E-state index contributed by atoms with van der Waals surface area (Å²) in [6.45, 7) is 5.21. The van der Waals surface area contributed by atoms with Gasteiger partial charge in [-0.05, 0) is 24.6 Å². The number of aldehydes is 1. The van der Waals surface area contributed by atoms with Gasteiger partial charge in [0.2, 0.25) is 0 Å². The van der Waals surface area contributed by atoms with Crippen molar-refractivity contribution < 1.29 is 13.9 Å². The number of nitrogens with zero attached hydrogens (tertiary/aromatic N) is 2. The Bertz CT molecular complexity index is 489. The normalized spacial score (nSPS) is 24.1. The molecule has 2 saturated heterocycles. The highest BCUT2D eigenvalue weighted by Crippen LogP contribution is 2.26. The van der Waals surface area contributed by atoms with Crippen LogP contribution < -0.4 is 4.90 Å². The minimum Gasteiger partial charge on any atom is -0.379 e. The van der Waals surface area contributed by atoms with Crippen molar-refractivity contribution in [3.05, 3.63) is 29.6 Å². The summed E-state index contributed by atoms with van der Waals surface area (Å²) in [5.41, 5.74) is 0.988. The molecule has 3 rings (SSSR count). The predicted octanol–water partition coefficient (Wildman–Crippen LogP) is 1.55. The van der Waals surface area contributed by atoms with Gasteiger partial charge in [-0.2, -0.15) is 0 Å². The first kappa shape index (κ1) is 13.5. The zero-order valence-electron chi connectivity index (χ0n) is 11.4. The van der Waals surface area contributed by atoms with Gasteiger partial charge in [-0.1, -0.05) is 0 Å². The van der Waals surface area contributed by atoms with Gasteiger partial charge in [0.1, 0.15) is 12.1 Å². The number of rotatable bonds is 3. The second kappa shape index (κ2) is 5.89. The number of anilines is 1. The Labute approximate surface area is 118 Å². The third kappa shape index (κ3) is 2.69. The molecule has 0 bridgehead atoms. The molecule has 5 heteroatoms. The van der Waals surface area contributed by atoms with Crippen molar-refractivity contribution in [3.63, 3.8) is 0 Å². The van der Waals surface area contributed by atoms with Crippen molar-refractivity contribution in [1.29, 1.82) is 0 Å². The van der Waals surface area contributed by atoms with Gasteiger partial charge in [0.15, 0.2) is 0 Å². The lowest BCUT2D eigenvalue weighted by atomic mass is 10.2. The number of carbonyl (C=O) groups excluding carboxylic acids is 1. The summed E-state index contributed by atoms with van der Waals surface area (Å²) in [5, 5.41) is 0. The summed E-state index contributed by atoms with van der Waals surface area (Å²) in [7, 11) is 0. The zero-order chi connectivity index (χ0) is 13.9. The van der Waals surface area contributed by atoms with E-state index in [1.807, 2.05) is 0 Å². The Morgan fingerprint density at radius 1 is 1.25 bits per heavy atom. The fourth-order valence-corrected chi connectivity index (χ4v) is 3.05. The van der Waals surface area contributed by atoms with Crippen LogP contribution in [-0.4, -0.2) is 56.6 Å². The number of hydrogen-bond acceptors (Lipinski definition) is 4. The molecule has 0 aliphatic carbocycles. The Morgan fingerprint density at radius 2 is 2.05 bits per heavy atom. The number of carbonyl (C=O) groups is 1. The van der Waals surface area contributed by atoms with Crippen molar-refractivity contribution >= 4 is 12.0 Å². The molecule has 2 aliphatic heterocycles. The highest BCUT2D eigenvalue weighted by atomic mass is 19.1.